The van der Waals surface area contributed by atoms with Gasteiger partial charge in [0.2, 0.25) is 5.91 Å². The van der Waals surface area contributed by atoms with Gasteiger partial charge in [-0.2, -0.15) is 0 Å². The van der Waals surface area contributed by atoms with Crippen LogP contribution in [0.3, 0.4) is 0 Å². The van der Waals surface area contributed by atoms with Gasteiger partial charge in [0.05, 0.1) is 11.6 Å². The first-order valence-corrected chi connectivity index (χ1v) is 18.7. The molecule has 3 atom stereocenters. The number of ether oxygens (including phenoxy) is 3. The van der Waals surface area contributed by atoms with E-state index in [9.17, 15) is 19.2 Å². The Kier molecular flexibility index (Phi) is 12.2. The van der Waals surface area contributed by atoms with E-state index in [-0.39, 0.29) is 36.7 Å². The van der Waals surface area contributed by atoms with E-state index in [0.717, 1.165) is 32.1 Å². The Morgan fingerprint density at radius 3 is 2.37 bits per heavy atom. The van der Waals surface area contributed by atoms with Gasteiger partial charge in [0.15, 0.2) is 5.60 Å². The number of fused-ring (bicyclic) bond motifs is 1. The van der Waals surface area contributed by atoms with Crippen molar-refractivity contribution in [1.29, 1.82) is 0 Å². The Balaban J connectivity index is 1.37. The van der Waals surface area contributed by atoms with Crippen LogP contribution in [-0.4, -0.2) is 79.2 Å². The molecule has 3 amide bonds. The van der Waals surface area contributed by atoms with Crippen molar-refractivity contribution < 1.29 is 33.4 Å². The first kappa shape index (κ1) is 38.3. The Hall–Kier alpha value is -3.92. The second kappa shape index (κ2) is 16.2. The summed E-state index contributed by atoms with van der Waals surface area (Å²) in [6.45, 7) is 12.5. The number of amides is 3. The summed E-state index contributed by atoms with van der Waals surface area (Å²) < 4.78 is 17.1. The van der Waals surface area contributed by atoms with Gasteiger partial charge in [-0.15, -0.1) is 0 Å². The van der Waals surface area contributed by atoms with E-state index in [2.05, 4.69) is 31.2 Å². The maximum atomic E-state index is 14.6. The monoisotopic (exact) mass is 703 g/mol. The number of nitrogens with zero attached hydrogens (tertiary/aromatic N) is 3. The second-order valence-electron chi connectivity index (χ2n) is 15.9. The summed E-state index contributed by atoms with van der Waals surface area (Å²) in [4.78, 5) is 60.5. The van der Waals surface area contributed by atoms with Crippen LogP contribution < -0.4 is 14.5 Å². The summed E-state index contributed by atoms with van der Waals surface area (Å²) in [6.07, 6.45) is 5.26. The van der Waals surface area contributed by atoms with Crippen LogP contribution >= 0.6 is 0 Å². The second-order valence-corrected chi connectivity index (χ2v) is 15.9. The molecule has 51 heavy (non-hydrogen) atoms. The molecule has 2 aromatic rings. The summed E-state index contributed by atoms with van der Waals surface area (Å²) in [5.41, 5.74) is 0.845. The third kappa shape index (κ3) is 9.50. The average Bonchev–Trinajstić information content (AvgIpc) is 3.93. The van der Waals surface area contributed by atoms with E-state index in [1.165, 1.54) is 5.56 Å². The molecule has 278 valence electrons. The van der Waals surface area contributed by atoms with Gasteiger partial charge in [-0.1, -0.05) is 37.3 Å². The van der Waals surface area contributed by atoms with Crippen molar-refractivity contribution in [3.05, 3.63) is 54.1 Å². The van der Waals surface area contributed by atoms with Crippen LogP contribution in [0.15, 0.2) is 48.5 Å². The fourth-order valence-corrected chi connectivity index (χ4v) is 7.39. The number of piperidine rings is 1. The van der Waals surface area contributed by atoms with E-state index < -0.39 is 29.1 Å². The highest BCUT2D eigenvalue weighted by Gasteiger charge is 2.45. The molecule has 3 aliphatic rings. The number of hydrogen-bond acceptors (Lipinski definition) is 7. The van der Waals surface area contributed by atoms with Crippen molar-refractivity contribution in [3.8, 4) is 5.75 Å². The molecule has 2 aromatic carbocycles. The predicted molar refractivity (Wildman–Crippen MR) is 198 cm³/mol. The molecule has 0 bridgehead atoms. The number of rotatable bonds is 14. The van der Waals surface area contributed by atoms with Crippen LogP contribution in [0.2, 0.25) is 0 Å². The minimum absolute atomic E-state index is 0.00385. The van der Waals surface area contributed by atoms with Crippen LogP contribution in [0, 0.1) is 11.8 Å². The van der Waals surface area contributed by atoms with E-state index in [1.807, 2.05) is 49.9 Å². The quantitative estimate of drug-likeness (QED) is 0.187. The van der Waals surface area contributed by atoms with Gasteiger partial charge in [-0.25, -0.2) is 4.79 Å². The standard InChI is InChI=1S/C41H57N3O7/c1-8-28(29-14-10-9-11-15-29)16-12-17-35(45)30-24-31(27-42(26-30)39(48)51-40(2,3)4)37(46)44(32-18-19-32)33-20-21-36-34(25-33)43(22-13-23-49-7)38(47)41(5,6)50-36/h9-11,14-15,20-21,25,28,30-32H,8,12-13,16-19,22-24,26-27H2,1-7H3/t28?,30-,31+/m0/s1. The van der Waals surface area contributed by atoms with Gasteiger partial charge in [0.1, 0.15) is 17.1 Å². The SMILES string of the molecule is CCC(CCCC(=O)[C@H]1C[C@@H](C(=O)N(c2ccc3c(c2)N(CCCOC)C(=O)C(C)(C)O3)C2CC2)CN(C(=O)OC(C)(C)C)C1)c1ccccc1. The molecule has 0 spiro atoms. The fourth-order valence-electron chi connectivity index (χ4n) is 7.39. The van der Waals surface area contributed by atoms with Crippen LogP contribution in [0.25, 0.3) is 0 Å². The van der Waals surface area contributed by atoms with Crippen molar-refractivity contribution in [3.63, 3.8) is 0 Å². The van der Waals surface area contributed by atoms with Crippen LogP contribution in [0.1, 0.15) is 104 Å². The summed E-state index contributed by atoms with van der Waals surface area (Å²) in [5.74, 6) is -0.271. The summed E-state index contributed by atoms with van der Waals surface area (Å²) >= 11 is 0. The highest BCUT2D eigenvalue weighted by Crippen LogP contribution is 2.43. The highest BCUT2D eigenvalue weighted by molar-refractivity contribution is 6.04. The lowest BCUT2D eigenvalue weighted by Gasteiger charge is -2.40. The molecule has 0 N–H and O–H groups in total. The van der Waals surface area contributed by atoms with Gasteiger partial charge in [-0.3, -0.25) is 14.4 Å². The lowest BCUT2D eigenvalue weighted by atomic mass is 9.83. The molecule has 1 aliphatic carbocycles. The minimum Gasteiger partial charge on any atom is -0.476 e. The van der Waals surface area contributed by atoms with Gasteiger partial charge in [0, 0.05) is 57.4 Å². The number of anilines is 2. The summed E-state index contributed by atoms with van der Waals surface area (Å²) in [5, 5.41) is 0. The van der Waals surface area contributed by atoms with Crippen molar-refractivity contribution in [2.45, 2.75) is 116 Å². The molecule has 1 unspecified atom stereocenters. The number of carbonyl (C=O) groups excluding carboxylic acids is 4. The molecule has 1 saturated heterocycles. The number of hydrogen-bond donors (Lipinski definition) is 0. The third-order valence-electron chi connectivity index (χ3n) is 10.2. The Labute approximate surface area is 303 Å². The van der Waals surface area contributed by atoms with Gasteiger partial charge >= 0.3 is 6.09 Å². The normalized spacial score (nSPS) is 20.6. The maximum Gasteiger partial charge on any atom is 0.410 e. The molecule has 0 aromatic heterocycles. The van der Waals surface area contributed by atoms with Gasteiger partial charge < -0.3 is 28.9 Å². The average molecular weight is 704 g/mol. The molecule has 2 fully saturated rings. The highest BCUT2D eigenvalue weighted by atomic mass is 16.6. The number of likely N-dealkylation sites (tertiary alicyclic amines) is 1. The maximum absolute atomic E-state index is 14.6. The third-order valence-corrected chi connectivity index (χ3v) is 10.2. The number of ketones is 1. The molecule has 5 rings (SSSR count). The Bertz CT molecular complexity index is 1550. The predicted octanol–water partition coefficient (Wildman–Crippen LogP) is 7.53. The Morgan fingerprint density at radius 2 is 1.73 bits per heavy atom. The molecule has 10 heteroatoms. The van der Waals surface area contributed by atoms with E-state index in [4.69, 9.17) is 14.2 Å². The zero-order chi connectivity index (χ0) is 36.9. The Morgan fingerprint density at radius 1 is 1.02 bits per heavy atom. The number of benzene rings is 2. The zero-order valence-electron chi connectivity index (χ0n) is 31.6. The molecule has 2 heterocycles. The number of carbonyl (C=O) groups is 4. The largest absolute Gasteiger partial charge is 0.476 e. The number of Topliss-reactive ketones (excluding diaryl/α,β-unsaturated/α-hetero) is 1. The van der Waals surface area contributed by atoms with Crippen molar-refractivity contribution in [2.75, 3.05) is 43.2 Å². The van der Waals surface area contributed by atoms with Crippen molar-refractivity contribution in [1.82, 2.24) is 4.90 Å². The molecule has 0 radical (unpaired) electrons. The van der Waals surface area contributed by atoms with Crippen LogP contribution in [0.5, 0.6) is 5.75 Å². The fraction of sp³-hybridized carbons (Fsp3) is 0.610. The van der Waals surface area contributed by atoms with Crippen molar-refractivity contribution >= 4 is 35.1 Å². The van der Waals surface area contributed by atoms with E-state index in [0.29, 0.717) is 55.5 Å². The number of methoxy groups -OCH3 is 1. The molecule has 10 nitrogen and oxygen atoms in total. The van der Waals surface area contributed by atoms with Crippen LogP contribution in [0.4, 0.5) is 16.2 Å². The van der Waals surface area contributed by atoms with Gasteiger partial charge in [0.25, 0.3) is 5.91 Å². The van der Waals surface area contributed by atoms with E-state index >= 15 is 0 Å². The van der Waals surface area contributed by atoms with Crippen molar-refractivity contribution in [2.24, 2.45) is 11.8 Å². The molecular weight excluding hydrogens is 646 g/mol. The molecular formula is C41H57N3O7. The lowest BCUT2D eigenvalue weighted by molar-refractivity contribution is -0.132. The zero-order valence-corrected chi connectivity index (χ0v) is 31.6. The summed E-state index contributed by atoms with van der Waals surface area (Å²) in [7, 11) is 1.64. The molecule has 1 saturated carbocycles. The lowest BCUT2D eigenvalue weighted by Crippen LogP contribution is -2.53. The summed E-state index contributed by atoms with van der Waals surface area (Å²) in [6, 6.07) is 16.0. The van der Waals surface area contributed by atoms with Crippen LogP contribution in [-0.2, 0) is 23.9 Å². The minimum atomic E-state index is -1.03. The topological polar surface area (TPSA) is 106 Å². The van der Waals surface area contributed by atoms with E-state index in [1.54, 1.807) is 30.8 Å². The smallest absolute Gasteiger partial charge is 0.410 e. The first-order chi connectivity index (χ1) is 24.2. The molecule has 2 aliphatic heterocycles. The van der Waals surface area contributed by atoms with Gasteiger partial charge in [-0.05, 0) is 109 Å². The first-order valence-electron chi connectivity index (χ1n) is 18.7.